The van der Waals surface area contributed by atoms with Gasteiger partial charge >= 0.3 is 6.18 Å². The Bertz CT molecular complexity index is 550. The molecule has 1 saturated heterocycles. The number of halogens is 3. The molecular weight excluding hydrogens is 303 g/mol. The van der Waals surface area contributed by atoms with Crippen molar-refractivity contribution in [3.05, 3.63) is 17.0 Å². The van der Waals surface area contributed by atoms with E-state index in [1.165, 1.54) is 16.2 Å². The third-order valence-electron chi connectivity index (χ3n) is 3.37. The van der Waals surface area contributed by atoms with Crippen molar-refractivity contribution in [3.8, 4) is 6.07 Å². The van der Waals surface area contributed by atoms with Gasteiger partial charge in [-0.25, -0.2) is 0 Å². The van der Waals surface area contributed by atoms with Crippen molar-refractivity contribution in [1.29, 1.82) is 5.26 Å². The average Bonchev–Trinajstić information content (AvgIpc) is 2.85. The number of carbonyl (C=O) groups excluding carboxylic acids is 1. The lowest BCUT2D eigenvalue weighted by Gasteiger charge is -2.33. The highest BCUT2D eigenvalue weighted by atomic mass is 32.1. The molecule has 114 valence electrons. The van der Waals surface area contributed by atoms with E-state index in [0.29, 0.717) is 23.5 Å². The Morgan fingerprint density at radius 2 is 2.33 bits per heavy atom. The monoisotopic (exact) mass is 317 g/mol. The highest BCUT2D eigenvalue weighted by Crippen LogP contribution is 2.33. The van der Waals surface area contributed by atoms with E-state index in [4.69, 9.17) is 5.26 Å². The van der Waals surface area contributed by atoms with Crippen LogP contribution in [0.25, 0.3) is 0 Å². The summed E-state index contributed by atoms with van der Waals surface area (Å²) in [7, 11) is 0. The zero-order chi connectivity index (χ0) is 15.5. The minimum Gasteiger partial charge on any atom is -0.315 e. The molecule has 1 N–H and O–H groups in total. The summed E-state index contributed by atoms with van der Waals surface area (Å²) in [6.45, 7) is 0.247. The summed E-state index contributed by atoms with van der Waals surface area (Å²) in [5.74, 6) is -1.76. The minimum atomic E-state index is -4.21. The van der Waals surface area contributed by atoms with Gasteiger partial charge in [-0.2, -0.15) is 18.4 Å². The topological polar surface area (TPSA) is 56.1 Å². The molecular formula is C13H14F3N3OS. The third-order valence-corrected chi connectivity index (χ3v) is 4.20. The van der Waals surface area contributed by atoms with Gasteiger partial charge in [-0.05, 0) is 30.8 Å². The van der Waals surface area contributed by atoms with Gasteiger partial charge in [0.15, 0.2) is 0 Å². The molecule has 0 bridgehead atoms. The maximum atomic E-state index is 12.7. The van der Waals surface area contributed by atoms with Crippen LogP contribution in [-0.4, -0.2) is 36.6 Å². The lowest BCUT2D eigenvalue weighted by molar-refractivity contribution is -0.186. The Morgan fingerprint density at radius 3 is 3.00 bits per heavy atom. The second-order valence-electron chi connectivity index (χ2n) is 4.94. The van der Waals surface area contributed by atoms with E-state index in [2.05, 4.69) is 5.32 Å². The number of nitrogens with one attached hydrogen (secondary N) is 1. The Morgan fingerprint density at radius 1 is 1.57 bits per heavy atom. The average molecular weight is 317 g/mol. The van der Waals surface area contributed by atoms with Crippen molar-refractivity contribution in [3.63, 3.8) is 0 Å². The fraction of sp³-hybridized carbons (Fsp3) is 0.538. The lowest BCUT2D eigenvalue weighted by Crippen LogP contribution is -2.44. The summed E-state index contributed by atoms with van der Waals surface area (Å²) in [5, 5.41) is 13.5. The van der Waals surface area contributed by atoms with Gasteiger partial charge < -0.3 is 5.32 Å². The molecule has 0 aliphatic carbocycles. The standard InChI is InChI=1S/C13H14F3N3OS/c14-13(15,16)10-2-1-4-19(7-10)8-11(20)18-12-9(6-17)3-5-21-12/h3,5,10H,1-2,4,7-8H2,(H,18,20). The maximum Gasteiger partial charge on any atom is 0.393 e. The van der Waals surface area contributed by atoms with E-state index in [-0.39, 0.29) is 19.5 Å². The van der Waals surface area contributed by atoms with Crippen LogP contribution >= 0.6 is 11.3 Å². The Kier molecular flexibility index (Phi) is 4.85. The smallest absolute Gasteiger partial charge is 0.315 e. The van der Waals surface area contributed by atoms with Gasteiger partial charge in [-0.3, -0.25) is 9.69 Å². The molecule has 1 aromatic rings. The second-order valence-corrected chi connectivity index (χ2v) is 5.86. The van der Waals surface area contributed by atoms with Crippen LogP contribution in [0.15, 0.2) is 11.4 Å². The van der Waals surface area contributed by atoms with Crippen molar-refractivity contribution in [2.75, 3.05) is 25.0 Å². The highest BCUT2D eigenvalue weighted by Gasteiger charge is 2.41. The molecule has 0 saturated carbocycles. The number of piperidine rings is 1. The number of carbonyl (C=O) groups is 1. The van der Waals surface area contributed by atoms with E-state index in [9.17, 15) is 18.0 Å². The fourth-order valence-electron chi connectivity index (χ4n) is 2.33. The molecule has 2 heterocycles. The number of nitriles is 1. The highest BCUT2D eigenvalue weighted by molar-refractivity contribution is 7.14. The molecule has 1 aliphatic rings. The molecule has 1 unspecified atom stereocenters. The number of rotatable bonds is 3. The molecule has 4 nitrogen and oxygen atoms in total. The zero-order valence-electron chi connectivity index (χ0n) is 11.1. The first-order valence-corrected chi connectivity index (χ1v) is 7.34. The number of alkyl halides is 3. The van der Waals surface area contributed by atoms with Crippen LogP contribution in [-0.2, 0) is 4.79 Å². The van der Waals surface area contributed by atoms with Gasteiger partial charge in [-0.1, -0.05) is 0 Å². The van der Waals surface area contributed by atoms with E-state index in [1.807, 2.05) is 6.07 Å². The summed E-state index contributed by atoms with van der Waals surface area (Å²) in [6.07, 6.45) is -3.66. The molecule has 0 spiro atoms. The lowest BCUT2D eigenvalue weighted by atomic mass is 9.97. The van der Waals surface area contributed by atoms with Gasteiger partial charge in [-0.15, -0.1) is 11.3 Å². The predicted octanol–water partition coefficient (Wildman–Crippen LogP) is 2.83. The largest absolute Gasteiger partial charge is 0.393 e. The molecule has 1 amide bonds. The molecule has 2 rings (SSSR count). The van der Waals surface area contributed by atoms with Crippen molar-refractivity contribution >= 4 is 22.2 Å². The van der Waals surface area contributed by atoms with Crippen molar-refractivity contribution in [2.24, 2.45) is 5.92 Å². The maximum absolute atomic E-state index is 12.7. The molecule has 1 aliphatic heterocycles. The van der Waals surface area contributed by atoms with Crippen LogP contribution in [0, 0.1) is 17.2 Å². The van der Waals surface area contributed by atoms with Crippen LogP contribution in [0.4, 0.5) is 18.2 Å². The summed E-state index contributed by atoms with van der Waals surface area (Å²) >= 11 is 1.22. The van der Waals surface area contributed by atoms with Crippen molar-refractivity contribution in [2.45, 2.75) is 19.0 Å². The molecule has 0 aromatic carbocycles. The molecule has 8 heteroatoms. The third kappa shape index (κ3) is 4.19. The molecule has 1 aromatic heterocycles. The Balaban J connectivity index is 1.90. The summed E-state index contributed by atoms with van der Waals surface area (Å²) < 4.78 is 38.1. The van der Waals surface area contributed by atoms with Gasteiger partial charge in [0.2, 0.25) is 5.91 Å². The Hall–Kier alpha value is -1.59. The summed E-state index contributed by atoms with van der Waals surface area (Å²) in [4.78, 5) is 13.4. The van der Waals surface area contributed by atoms with Crippen LogP contribution in [0.1, 0.15) is 18.4 Å². The van der Waals surface area contributed by atoms with Crippen molar-refractivity contribution < 1.29 is 18.0 Å². The zero-order valence-corrected chi connectivity index (χ0v) is 11.9. The van der Waals surface area contributed by atoms with Crippen LogP contribution in [0.3, 0.4) is 0 Å². The van der Waals surface area contributed by atoms with Gasteiger partial charge in [0.25, 0.3) is 0 Å². The van der Waals surface area contributed by atoms with Crippen LogP contribution in [0.5, 0.6) is 0 Å². The van der Waals surface area contributed by atoms with Crippen molar-refractivity contribution in [1.82, 2.24) is 4.90 Å². The van der Waals surface area contributed by atoms with Crippen LogP contribution < -0.4 is 5.32 Å². The number of hydrogen-bond acceptors (Lipinski definition) is 4. The number of hydrogen-bond donors (Lipinski definition) is 1. The predicted molar refractivity (Wildman–Crippen MR) is 72.9 cm³/mol. The van der Waals surface area contributed by atoms with Gasteiger partial charge in [0.1, 0.15) is 11.1 Å². The summed E-state index contributed by atoms with van der Waals surface area (Å²) in [5.41, 5.74) is 0.361. The first-order chi connectivity index (χ1) is 9.90. The molecule has 21 heavy (non-hydrogen) atoms. The molecule has 1 atom stereocenters. The van der Waals surface area contributed by atoms with E-state index < -0.39 is 18.0 Å². The van der Waals surface area contributed by atoms with Gasteiger partial charge in [0.05, 0.1) is 18.0 Å². The SMILES string of the molecule is N#Cc1ccsc1NC(=O)CN1CCCC(C(F)(F)F)C1. The first-order valence-electron chi connectivity index (χ1n) is 6.46. The number of likely N-dealkylation sites (tertiary alicyclic amines) is 1. The first kappa shape index (κ1) is 15.8. The minimum absolute atomic E-state index is 0.0879. The van der Waals surface area contributed by atoms with E-state index in [0.717, 1.165) is 0 Å². The van der Waals surface area contributed by atoms with E-state index >= 15 is 0 Å². The number of thiophene rings is 1. The quantitative estimate of drug-likeness (QED) is 0.932. The van der Waals surface area contributed by atoms with E-state index in [1.54, 1.807) is 11.4 Å². The second kappa shape index (κ2) is 6.45. The fourth-order valence-corrected chi connectivity index (χ4v) is 3.08. The Labute approximate surface area is 124 Å². The van der Waals surface area contributed by atoms with Crippen LogP contribution in [0.2, 0.25) is 0 Å². The molecule has 1 fully saturated rings. The number of nitrogens with zero attached hydrogens (tertiary/aromatic N) is 2. The summed E-state index contributed by atoms with van der Waals surface area (Å²) in [6, 6.07) is 3.53. The normalized spacial score (nSPS) is 20.0. The molecule has 0 radical (unpaired) electrons. The number of anilines is 1. The van der Waals surface area contributed by atoms with Gasteiger partial charge in [0, 0.05) is 6.54 Å². The number of amides is 1.